The van der Waals surface area contributed by atoms with E-state index >= 15 is 0 Å². The van der Waals surface area contributed by atoms with Crippen LogP contribution in [0.15, 0.2) is 72.3 Å². The van der Waals surface area contributed by atoms with Crippen molar-refractivity contribution >= 4 is 46.1 Å². The van der Waals surface area contributed by atoms with Gasteiger partial charge in [-0.25, -0.2) is 0 Å². The second kappa shape index (κ2) is 11.2. The lowest BCUT2D eigenvalue weighted by Gasteiger charge is -2.27. The summed E-state index contributed by atoms with van der Waals surface area (Å²) in [7, 11) is 5.33. The van der Waals surface area contributed by atoms with Crippen molar-refractivity contribution in [2.75, 3.05) is 49.0 Å². The lowest BCUT2D eigenvalue weighted by atomic mass is 9.94. The van der Waals surface area contributed by atoms with Crippen LogP contribution in [0.4, 0.5) is 17.1 Å². The van der Waals surface area contributed by atoms with Gasteiger partial charge in [0, 0.05) is 49.3 Å². The van der Waals surface area contributed by atoms with E-state index < -0.39 is 17.7 Å². The molecule has 1 saturated heterocycles. The average Bonchev–Trinajstić information content (AvgIpc) is 3.19. The van der Waals surface area contributed by atoms with Crippen LogP contribution < -0.4 is 19.4 Å². The lowest BCUT2D eigenvalue weighted by Crippen LogP contribution is -2.29. The topological polar surface area (TPSA) is 73.3 Å². The lowest BCUT2D eigenvalue weighted by molar-refractivity contribution is -0.132. The number of Topliss-reactive ketones (excluding diaryl/α,β-unsaturated/α-hetero) is 1. The Bertz CT molecular complexity index is 1360. The highest BCUT2D eigenvalue weighted by molar-refractivity contribution is 6.51. The van der Waals surface area contributed by atoms with Gasteiger partial charge in [-0.15, -0.1) is 0 Å². The van der Waals surface area contributed by atoms with Crippen LogP contribution in [-0.4, -0.2) is 51.1 Å². The number of amides is 1. The SMILES string of the molecule is CCN(CC)c1ccc(N2C(=O)C(=O)/C(=C(/O)c3cc(Cl)ccc3OC)C2c2ccc(N(C)C)cc2)cc1. The highest BCUT2D eigenvalue weighted by Gasteiger charge is 2.47. The van der Waals surface area contributed by atoms with Gasteiger partial charge in [0.2, 0.25) is 0 Å². The van der Waals surface area contributed by atoms with Crippen LogP contribution in [0.1, 0.15) is 31.0 Å². The molecule has 1 aliphatic rings. The summed E-state index contributed by atoms with van der Waals surface area (Å²) in [6.07, 6.45) is 0. The van der Waals surface area contributed by atoms with Gasteiger partial charge in [-0.05, 0) is 74.0 Å². The number of anilines is 3. The summed E-state index contributed by atoms with van der Waals surface area (Å²) >= 11 is 6.22. The molecule has 1 fully saturated rings. The number of carbonyl (C=O) groups excluding carboxylic acids is 2. The van der Waals surface area contributed by atoms with Gasteiger partial charge in [-0.2, -0.15) is 0 Å². The van der Waals surface area contributed by atoms with E-state index in [4.69, 9.17) is 16.3 Å². The molecule has 8 heteroatoms. The van der Waals surface area contributed by atoms with Gasteiger partial charge in [0.1, 0.15) is 11.5 Å². The Morgan fingerprint density at radius 3 is 2.11 bits per heavy atom. The molecule has 3 aromatic rings. The molecule has 38 heavy (non-hydrogen) atoms. The van der Waals surface area contributed by atoms with Crippen molar-refractivity contribution in [1.82, 2.24) is 0 Å². The summed E-state index contributed by atoms with van der Waals surface area (Å²) in [5.41, 5.74) is 3.44. The molecule has 3 aromatic carbocycles. The molecule has 0 bridgehead atoms. The van der Waals surface area contributed by atoms with Gasteiger partial charge < -0.3 is 19.6 Å². The fraction of sp³-hybridized carbons (Fsp3) is 0.267. The first-order valence-corrected chi connectivity index (χ1v) is 12.9. The zero-order valence-electron chi connectivity index (χ0n) is 22.2. The van der Waals surface area contributed by atoms with Crippen LogP contribution in [0.2, 0.25) is 5.02 Å². The van der Waals surface area contributed by atoms with Crippen LogP contribution in [0.5, 0.6) is 5.75 Å². The average molecular weight is 534 g/mol. The summed E-state index contributed by atoms with van der Waals surface area (Å²) in [6.45, 7) is 5.86. The second-order valence-electron chi connectivity index (χ2n) is 9.19. The molecule has 0 aromatic heterocycles. The number of benzene rings is 3. The normalized spacial score (nSPS) is 16.6. The first-order valence-electron chi connectivity index (χ1n) is 12.5. The quantitative estimate of drug-likeness (QED) is 0.221. The Labute approximate surface area is 228 Å². The highest BCUT2D eigenvalue weighted by atomic mass is 35.5. The number of hydrogen-bond donors (Lipinski definition) is 1. The smallest absolute Gasteiger partial charge is 0.300 e. The standard InChI is InChI=1S/C30H32ClN3O4/c1-6-33(7-2)22-13-15-23(16-14-22)34-27(19-8-11-21(12-9-19)32(3)4)26(29(36)30(34)37)28(35)24-18-20(31)10-17-25(24)38-5/h8-18,27,35H,6-7H2,1-5H3/b28-26+. The van der Waals surface area contributed by atoms with Crippen LogP contribution >= 0.6 is 11.6 Å². The van der Waals surface area contributed by atoms with Crippen LogP contribution in [0, 0.1) is 0 Å². The largest absolute Gasteiger partial charge is 0.507 e. The van der Waals surface area contributed by atoms with Crippen LogP contribution in [-0.2, 0) is 9.59 Å². The van der Waals surface area contributed by atoms with Crippen molar-refractivity contribution in [3.8, 4) is 5.75 Å². The summed E-state index contributed by atoms with van der Waals surface area (Å²) < 4.78 is 5.42. The number of ether oxygens (including phenoxy) is 1. The molecule has 0 aliphatic carbocycles. The van der Waals surface area contributed by atoms with Crippen molar-refractivity contribution in [3.63, 3.8) is 0 Å². The third kappa shape index (κ3) is 4.94. The van der Waals surface area contributed by atoms with Crippen molar-refractivity contribution in [2.24, 2.45) is 0 Å². The first kappa shape index (κ1) is 27.1. The minimum Gasteiger partial charge on any atom is -0.507 e. The number of rotatable bonds is 8. The van der Waals surface area contributed by atoms with Crippen molar-refractivity contribution in [3.05, 3.63) is 88.5 Å². The minimum atomic E-state index is -0.853. The molecular weight excluding hydrogens is 502 g/mol. The molecule has 198 valence electrons. The van der Waals surface area contributed by atoms with Crippen LogP contribution in [0.3, 0.4) is 0 Å². The molecule has 1 N–H and O–H groups in total. The number of aliphatic hydroxyl groups excluding tert-OH is 1. The zero-order valence-corrected chi connectivity index (χ0v) is 23.0. The molecule has 4 rings (SSSR count). The maximum Gasteiger partial charge on any atom is 0.300 e. The minimum absolute atomic E-state index is 0.0269. The first-order chi connectivity index (χ1) is 18.2. The van der Waals surface area contributed by atoms with E-state index in [1.807, 2.05) is 67.5 Å². The second-order valence-corrected chi connectivity index (χ2v) is 9.62. The molecule has 7 nitrogen and oxygen atoms in total. The summed E-state index contributed by atoms with van der Waals surface area (Å²) in [4.78, 5) is 32.6. The van der Waals surface area contributed by atoms with E-state index in [0.717, 1.165) is 24.5 Å². The van der Waals surface area contributed by atoms with Crippen molar-refractivity contribution < 1.29 is 19.4 Å². The van der Waals surface area contributed by atoms with Crippen molar-refractivity contribution in [2.45, 2.75) is 19.9 Å². The third-order valence-corrected chi connectivity index (χ3v) is 7.08. The summed E-state index contributed by atoms with van der Waals surface area (Å²) in [5.74, 6) is -1.50. The van der Waals surface area contributed by atoms with E-state index in [2.05, 4.69) is 18.7 Å². The van der Waals surface area contributed by atoms with Crippen LogP contribution in [0.25, 0.3) is 5.76 Å². The highest BCUT2D eigenvalue weighted by Crippen LogP contribution is 2.44. The number of carbonyl (C=O) groups is 2. The molecule has 1 amide bonds. The van der Waals surface area contributed by atoms with Gasteiger partial charge in [0.25, 0.3) is 11.7 Å². The van der Waals surface area contributed by atoms with Gasteiger partial charge in [0.05, 0.1) is 24.3 Å². The Morgan fingerprint density at radius 1 is 0.947 bits per heavy atom. The summed E-state index contributed by atoms with van der Waals surface area (Å²) in [5, 5.41) is 11.9. The summed E-state index contributed by atoms with van der Waals surface area (Å²) in [6, 6.07) is 19.0. The van der Waals surface area contributed by atoms with Gasteiger partial charge >= 0.3 is 0 Å². The Morgan fingerprint density at radius 2 is 1.55 bits per heavy atom. The van der Waals surface area contributed by atoms with E-state index in [0.29, 0.717) is 22.0 Å². The maximum absolute atomic E-state index is 13.5. The number of hydrogen-bond acceptors (Lipinski definition) is 6. The Balaban J connectivity index is 1.91. The maximum atomic E-state index is 13.5. The van der Waals surface area contributed by atoms with Gasteiger partial charge in [-0.1, -0.05) is 23.7 Å². The molecule has 1 heterocycles. The van der Waals surface area contributed by atoms with Gasteiger partial charge in [0.15, 0.2) is 0 Å². The Kier molecular flexibility index (Phi) is 7.97. The molecule has 1 aliphatic heterocycles. The molecular formula is C30H32ClN3O4. The van der Waals surface area contributed by atoms with Crippen molar-refractivity contribution in [1.29, 1.82) is 0 Å². The number of aliphatic hydroxyl groups is 1. The predicted molar refractivity (Wildman–Crippen MR) is 154 cm³/mol. The molecule has 1 atom stereocenters. The molecule has 1 unspecified atom stereocenters. The fourth-order valence-electron chi connectivity index (χ4n) is 4.79. The number of methoxy groups -OCH3 is 1. The van der Waals surface area contributed by atoms with E-state index in [9.17, 15) is 14.7 Å². The zero-order chi connectivity index (χ0) is 27.6. The van der Waals surface area contributed by atoms with E-state index in [-0.39, 0.29) is 16.9 Å². The monoisotopic (exact) mass is 533 g/mol. The van der Waals surface area contributed by atoms with E-state index in [1.54, 1.807) is 12.1 Å². The number of nitrogens with zero attached hydrogens (tertiary/aromatic N) is 3. The third-order valence-electron chi connectivity index (χ3n) is 6.84. The Hall–Kier alpha value is -3.97. The van der Waals surface area contributed by atoms with Gasteiger partial charge in [-0.3, -0.25) is 14.5 Å². The molecule has 0 radical (unpaired) electrons. The predicted octanol–water partition coefficient (Wildman–Crippen LogP) is 5.89. The number of ketones is 1. The molecule has 0 spiro atoms. The molecule has 0 saturated carbocycles. The number of halogens is 1. The fourth-order valence-corrected chi connectivity index (χ4v) is 4.96. The van der Waals surface area contributed by atoms with E-state index in [1.165, 1.54) is 18.1 Å².